The molecule has 0 radical (unpaired) electrons. The van der Waals surface area contributed by atoms with E-state index in [1.54, 1.807) is 11.8 Å². The van der Waals surface area contributed by atoms with Gasteiger partial charge in [-0.25, -0.2) is 0 Å². The van der Waals surface area contributed by atoms with Crippen LogP contribution in [0.4, 0.5) is 0 Å². The molecule has 1 fully saturated rings. The van der Waals surface area contributed by atoms with Crippen molar-refractivity contribution in [2.45, 2.75) is 12.1 Å². The molecule has 1 aliphatic rings. The quantitative estimate of drug-likeness (QED) is 0.853. The Balaban J connectivity index is 2.09. The number of thioether (sulfide) groups is 1. The number of carboxylic acid groups (broad SMARTS) is 1. The molecule has 1 saturated heterocycles. The summed E-state index contributed by atoms with van der Waals surface area (Å²) in [6.07, 6.45) is 0. The van der Waals surface area contributed by atoms with E-state index in [0.29, 0.717) is 10.8 Å². The number of carbonyl (C=O) groups is 1. The number of aliphatic carboxylic acids is 1. The molecule has 2 N–H and O–H groups in total. The lowest BCUT2D eigenvalue weighted by Gasteiger charge is -2.28. The monoisotopic (exact) mass is 257 g/mol. The van der Waals surface area contributed by atoms with Gasteiger partial charge in [0.05, 0.1) is 0 Å². The summed E-state index contributed by atoms with van der Waals surface area (Å²) in [6, 6.07) is 7.16. The molecule has 1 heterocycles. The topological polar surface area (TPSA) is 49.3 Å². The van der Waals surface area contributed by atoms with Crippen molar-refractivity contribution in [3.8, 4) is 0 Å². The zero-order chi connectivity index (χ0) is 11.5. The van der Waals surface area contributed by atoms with Crippen molar-refractivity contribution in [1.82, 2.24) is 5.32 Å². The second-order valence-corrected chi connectivity index (χ2v) is 5.21. The molecule has 0 aromatic heterocycles. The summed E-state index contributed by atoms with van der Waals surface area (Å²) in [4.78, 5) is 10.9. The number of halogens is 1. The number of rotatable bonds is 2. The molecule has 16 heavy (non-hydrogen) atoms. The first-order valence-electron chi connectivity index (χ1n) is 4.99. The molecule has 2 unspecified atom stereocenters. The van der Waals surface area contributed by atoms with Crippen LogP contribution < -0.4 is 5.32 Å². The highest BCUT2D eigenvalue weighted by atomic mass is 35.5. The van der Waals surface area contributed by atoms with Crippen molar-refractivity contribution in [3.05, 3.63) is 34.9 Å². The van der Waals surface area contributed by atoms with Crippen LogP contribution >= 0.6 is 23.4 Å². The number of nitrogens with one attached hydrogen (secondary N) is 1. The highest BCUT2D eigenvalue weighted by molar-refractivity contribution is 7.99. The summed E-state index contributed by atoms with van der Waals surface area (Å²) in [5.74, 6) is 0.733. The molecule has 2 rings (SSSR count). The Morgan fingerprint density at radius 2 is 2.06 bits per heavy atom. The van der Waals surface area contributed by atoms with Crippen LogP contribution in [0.15, 0.2) is 24.3 Å². The first-order chi connectivity index (χ1) is 7.66. The number of hydrogen-bond acceptors (Lipinski definition) is 3. The third kappa shape index (κ3) is 2.70. The van der Waals surface area contributed by atoms with E-state index in [9.17, 15) is 4.79 Å². The SMILES string of the molecule is O=C(O)C1CSCC(c2ccc(Cl)cc2)N1. The van der Waals surface area contributed by atoms with Crippen molar-refractivity contribution in [2.75, 3.05) is 11.5 Å². The minimum absolute atomic E-state index is 0.0946. The van der Waals surface area contributed by atoms with Gasteiger partial charge in [-0.1, -0.05) is 23.7 Å². The average molecular weight is 258 g/mol. The summed E-state index contributed by atoms with van der Waals surface area (Å²) >= 11 is 7.47. The Kier molecular flexibility index (Phi) is 3.74. The van der Waals surface area contributed by atoms with Gasteiger partial charge in [0.25, 0.3) is 0 Å². The Morgan fingerprint density at radius 3 is 2.69 bits per heavy atom. The standard InChI is InChI=1S/C11H12ClNO2S/c12-8-3-1-7(2-4-8)9-5-16-6-10(13-9)11(14)15/h1-4,9-10,13H,5-6H2,(H,14,15). The zero-order valence-electron chi connectivity index (χ0n) is 8.52. The molecule has 3 nitrogen and oxygen atoms in total. The van der Waals surface area contributed by atoms with Crippen LogP contribution in [0.5, 0.6) is 0 Å². The normalized spacial score (nSPS) is 25.3. The summed E-state index contributed by atoms with van der Waals surface area (Å²) in [7, 11) is 0. The van der Waals surface area contributed by atoms with Gasteiger partial charge in [0.1, 0.15) is 6.04 Å². The fourth-order valence-electron chi connectivity index (χ4n) is 1.67. The van der Waals surface area contributed by atoms with Gasteiger partial charge in [-0.05, 0) is 17.7 Å². The minimum atomic E-state index is -0.786. The second kappa shape index (κ2) is 5.08. The van der Waals surface area contributed by atoms with E-state index in [4.69, 9.17) is 16.7 Å². The maximum Gasteiger partial charge on any atom is 0.321 e. The van der Waals surface area contributed by atoms with E-state index in [2.05, 4.69) is 5.32 Å². The third-order valence-electron chi connectivity index (χ3n) is 2.54. The predicted octanol–water partition coefficient (Wildman–Crippen LogP) is 2.17. The van der Waals surface area contributed by atoms with Gasteiger partial charge in [-0.2, -0.15) is 11.8 Å². The molecule has 0 saturated carbocycles. The first-order valence-corrected chi connectivity index (χ1v) is 6.52. The Hall–Kier alpha value is -0.710. The van der Waals surface area contributed by atoms with Gasteiger partial charge in [-0.3, -0.25) is 10.1 Å². The number of benzene rings is 1. The fraction of sp³-hybridized carbons (Fsp3) is 0.364. The van der Waals surface area contributed by atoms with Gasteiger partial charge in [0.2, 0.25) is 0 Å². The van der Waals surface area contributed by atoms with Crippen LogP contribution in [-0.2, 0) is 4.79 Å². The van der Waals surface area contributed by atoms with E-state index in [0.717, 1.165) is 11.3 Å². The van der Waals surface area contributed by atoms with Crippen molar-refractivity contribution >= 4 is 29.3 Å². The lowest BCUT2D eigenvalue weighted by Crippen LogP contribution is -2.45. The maximum absolute atomic E-state index is 10.9. The van der Waals surface area contributed by atoms with Crippen LogP contribution in [0.3, 0.4) is 0 Å². The van der Waals surface area contributed by atoms with Crippen molar-refractivity contribution in [2.24, 2.45) is 0 Å². The zero-order valence-corrected chi connectivity index (χ0v) is 10.1. The lowest BCUT2D eigenvalue weighted by molar-refractivity contribution is -0.139. The summed E-state index contributed by atoms with van der Waals surface area (Å²) in [5, 5.41) is 12.8. The molecule has 5 heteroatoms. The molecule has 0 spiro atoms. The van der Waals surface area contributed by atoms with Crippen molar-refractivity contribution in [3.63, 3.8) is 0 Å². The van der Waals surface area contributed by atoms with E-state index >= 15 is 0 Å². The van der Waals surface area contributed by atoms with Gasteiger partial charge in [0, 0.05) is 22.6 Å². The van der Waals surface area contributed by atoms with Crippen LogP contribution in [0, 0.1) is 0 Å². The van der Waals surface area contributed by atoms with Gasteiger partial charge in [0.15, 0.2) is 0 Å². The largest absolute Gasteiger partial charge is 0.480 e. The molecule has 2 atom stereocenters. The van der Waals surface area contributed by atoms with Crippen LogP contribution in [-0.4, -0.2) is 28.6 Å². The lowest BCUT2D eigenvalue weighted by atomic mass is 10.1. The summed E-state index contributed by atoms with van der Waals surface area (Å²) in [6.45, 7) is 0. The second-order valence-electron chi connectivity index (χ2n) is 3.70. The van der Waals surface area contributed by atoms with Crippen molar-refractivity contribution < 1.29 is 9.90 Å². The first kappa shape index (κ1) is 11.8. The molecule has 0 amide bonds. The van der Waals surface area contributed by atoms with E-state index < -0.39 is 12.0 Å². The summed E-state index contributed by atoms with van der Waals surface area (Å²) < 4.78 is 0. The smallest absolute Gasteiger partial charge is 0.321 e. The fourth-order valence-corrected chi connectivity index (χ4v) is 2.93. The minimum Gasteiger partial charge on any atom is -0.480 e. The molecule has 1 aromatic rings. The Morgan fingerprint density at radius 1 is 1.38 bits per heavy atom. The molecule has 0 bridgehead atoms. The molecule has 0 aliphatic carbocycles. The Labute approximate surface area is 103 Å². The van der Waals surface area contributed by atoms with Gasteiger partial charge < -0.3 is 5.11 Å². The van der Waals surface area contributed by atoms with E-state index in [1.807, 2.05) is 24.3 Å². The average Bonchev–Trinajstić information content (AvgIpc) is 2.30. The molecule has 86 valence electrons. The number of hydrogen-bond donors (Lipinski definition) is 2. The van der Waals surface area contributed by atoms with Crippen LogP contribution in [0.2, 0.25) is 5.02 Å². The number of carboxylic acids is 1. The van der Waals surface area contributed by atoms with Gasteiger partial charge in [-0.15, -0.1) is 0 Å². The third-order valence-corrected chi connectivity index (χ3v) is 3.93. The molecular formula is C11H12ClNO2S. The predicted molar refractivity (Wildman–Crippen MR) is 66.1 cm³/mol. The van der Waals surface area contributed by atoms with Crippen molar-refractivity contribution in [1.29, 1.82) is 0 Å². The highest BCUT2D eigenvalue weighted by Gasteiger charge is 2.27. The maximum atomic E-state index is 10.9. The summed E-state index contributed by atoms with van der Waals surface area (Å²) in [5.41, 5.74) is 1.09. The van der Waals surface area contributed by atoms with Crippen LogP contribution in [0.1, 0.15) is 11.6 Å². The van der Waals surface area contributed by atoms with E-state index in [1.165, 1.54) is 0 Å². The van der Waals surface area contributed by atoms with E-state index in [-0.39, 0.29) is 6.04 Å². The molecular weight excluding hydrogens is 246 g/mol. The highest BCUT2D eigenvalue weighted by Crippen LogP contribution is 2.25. The molecule has 1 aliphatic heterocycles. The molecule has 1 aromatic carbocycles. The van der Waals surface area contributed by atoms with Gasteiger partial charge >= 0.3 is 5.97 Å². The Bertz CT molecular complexity index is 382. The van der Waals surface area contributed by atoms with Crippen LogP contribution in [0.25, 0.3) is 0 Å².